The number of nitrogens with one attached hydrogen (secondary N) is 4. The second-order valence-electron chi connectivity index (χ2n) is 14.3. The van der Waals surface area contributed by atoms with Gasteiger partial charge in [0.15, 0.2) is 0 Å². The van der Waals surface area contributed by atoms with E-state index in [1.165, 1.54) is 9.80 Å². The molecule has 0 saturated carbocycles. The lowest BCUT2D eigenvalue weighted by molar-refractivity contribution is -0.147. The molecule has 0 heterocycles. The molecule has 0 aliphatic carbocycles. The number of amides is 5. The fourth-order valence-corrected chi connectivity index (χ4v) is 5.92. The van der Waals surface area contributed by atoms with E-state index in [-0.39, 0.29) is 47.3 Å². The molecule has 5 amide bonds. The van der Waals surface area contributed by atoms with Gasteiger partial charge in [-0.2, -0.15) is 0 Å². The smallest absolute Gasteiger partial charge is 0.245 e. The Morgan fingerprint density at radius 3 is 1.36 bits per heavy atom. The zero-order valence-corrected chi connectivity index (χ0v) is 31.0. The Morgan fingerprint density at radius 2 is 0.979 bits per heavy atom. The molecule has 0 aromatic heterocycles. The molecule has 0 aliphatic heterocycles. The highest BCUT2D eigenvalue weighted by molar-refractivity contribution is 5.96. The molecule has 0 spiro atoms. The molecule has 4 N–H and O–H groups in total. The van der Waals surface area contributed by atoms with Crippen molar-refractivity contribution in [3.8, 4) is 0 Å². The molecule has 5 atom stereocenters. The van der Waals surface area contributed by atoms with Crippen LogP contribution in [0.25, 0.3) is 0 Å². The summed E-state index contributed by atoms with van der Waals surface area (Å²) in [7, 11) is 4.85. The van der Waals surface area contributed by atoms with Crippen LogP contribution in [0, 0.1) is 29.6 Å². The van der Waals surface area contributed by atoms with Crippen LogP contribution in [-0.4, -0.2) is 97.2 Å². The first kappa shape index (κ1) is 41.6. The third-order valence-electron chi connectivity index (χ3n) is 8.61. The maximum absolute atomic E-state index is 13.9. The SMILES string of the molecule is CN[C@H](C(=O)N[C@H](C(=O)N(C)[C@H](C(=O)N[C@H](C(=O)N(C)[C@H](C(=O)NCCc1ccccc1)C(C)C)C(C)C)C(C)C)C(C)C)C(C)C. The maximum atomic E-state index is 13.9. The number of likely N-dealkylation sites (N-methyl/N-ethyl adjacent to an activating group) is 3. The summed E-state index contributed by atoms with van der Waals surface area (Å²) in [6.45, 7) is 19.1. The van der Waals surface area contributed by atoms with Crippen LogP contribution in [0.1, 0.15) is 74.8 Å². The Labute approximate surface area is 283 Å². The molecule has 1 aromatic rings. The van der Waals surface area contributed by atoms with E-state index in [2.05, 4.69) is 21.3 Å². The Balaban J connectivity index is 3.16. The molecule has 0 saturated heterocycles. The van der Waals surface area contributed by atoms with E-state index in [0.717, 1.165) is 5.56 Å². The molecule has 266 valence electrons. The zero-order chi connectivity index (χ0) is 36.2. The van der Waals surface area contributed by atoms with Gasteiger partial charge in [-0.1, -0.05) is 99.6 Å². The molecule has 0 fully saturated rings. The van der Waals surface area contributed by atoms with Crippen molar-refractivity contribution in [1.82, 2.24) is 31.1 Å². The Bertz CT molecular complexity index is 1170. The van der Waals surface area contributed by atoms with Gasteiger partial charge in [-0.3, -0.25) is 24.0 Å². The highest BCUT2D eigenvalue weighted by Crippen LogP contribution is 2.18. The van der Waals surface area contributed by atoms with Gasteiger partial charge in [0, 0.05) is 20.6 Å². The predicted molar refractivity (Wildman–Crippen MR) is 187 cm³/mol. The first-order chi connectivity index (χ1) is 21.9. The van der Waals surface area contributed by atoms with Crippen molar-refractivity contribution >= 4 is 29.5 Å². The molecule has 11 nitrogen and oxygen atoms in total. The average molecular weight is 659 g/mol. The summed E-state index contributed by atoms with van der Waals surface area (Å²) in [5.74, 6) is -2.81. The Hall–Kier alpha value is -3.47. The first-order valence-corrected chi connectivity index (χ1v) is 17.0. The molecular weight excluding hydrogens is 596 g/mol. The van der Waals surface area contributed by atoms with Crippen LogP contribution < -0.4 is 21.3 Å². The number of nitrogens with zero attached hydrogens (tertiary/aromatic N) is 2. The van der Waals surface area contributed by atoms with Crippen LogP contribution in [0.4, 0.5) is 0 Å². The van der Waals surface area contributed by atoms with E-state index >= 15 is 0 Å². The highest BCUT2D eigenvalue weighted by atomic mass is 16.2. The minimum Gasteiger partial charge on any atom is -0.354 e. The highest BCUT2D eigenvalue weighted by Gasteiger charge is 2.40. The van der Waals surface area contributed by atoms with Crippen LogP contribution in [0.3, 0.4) is 0 Å². The van der Waals surface area contributed by atoms with E-state index < -0.39 is 42.0 Å². The number of hydrogen-bond donors (Lipinski definition) is 4. The number of carbonyl (C=O) groups is 5. The van der Waals surface area contributed by atoms with Gasteiger partial charge in [0.2, 0.25) is 29.5 Å². The molecule has 11 heteroatoms. The van der Waals surface area contributed by atoms with E-state index in [1.54, 1.807) is 21.1 Å². The van der Waals surface area contributed by atoms with Gasteiger partial charge in [-0.25, -0.2) is 0 Å². The normalized spacial score (nSPS) is 14.9. The second-order valence-corrected chi connectivity index (χ2v) is 14.3. The van der Waals surface area contributed by atoms with Crippen LogP contribution in [0.15, 0.2) is 30.3 Å². The molecule has 0 unspecified atom stereocenters. The topological polar surface area (TPSA) is 140 Å². The van der Waals surface area contributed by atoms with Crippen LogP contribution in [0.2, 0.25) is 0 Å². The second kappa shape index (κ2) is 19.4. The van der Waals surface area contributed by atoms with Gasteiger partial charge in [0.25, 0.3) is 0 Å². The lowest BCUT2D eigenvalue weighted by Gasteiger charge is -2.37. The quantitative estimate of drug-likeness (QED) is 0.191. The number of carbonyl (C=O) groups excluding carboxylic acids is 5. The summed E-state index contributed by atoms with van der Waals surface area (Å²) < 4.78 is 0. The van der Waals surface area contributed by atoms with Gasteiger partial charge in [0.1, 0.15) is 24.2 Å². The number of rotatable bonds is 18. The van der Waals surface area contributed by atoms with Gasteiger partial charge < -0.3 is 31.1 Å². The minimum atomic E-state index is -0.932. The largest absolute Gasteiger partial charge is 0.354 e. The lowest BCUT2D eigenvalue weighted by Crippen LogP contribution is -2.62. The summed E-state index contributed by atoms with van der Waals surface area (Å²) in [5.41, 5.74) is 1.10. The van der Waals surface area contributed by atoms with Crippen molar-refractivity contribution in [3.63, 3.8) is 0 Å². The van der Waals surface area contributed by atoms with Gasteiger partial charge in [-0.15, -0.1) is 0 Å². The molecule has 0 aliphatic rings. The monoisotopic (exact) mass is 658 g/mol. The number of benzene rings is 1. The first-order valence-electron chi connectivity index (χ1n) is 17.0. The summed E-state index contributed by atoms with van der Waals surface area (Å²) in [5, 5.41) is 11.8. The van der Waals surface area contributed by atoms with Crippen LogP contribution in [0.5, 0.6) is 0 Å². The summed E-state index contributed by atoms with van der Waals surface area (Å²) in [6, 6.07) is 5.92. The van der Waals surface area contributed by atoms with Crippen molar-refractivity contribution < 1.29 is 24.0 Å². The fraction of sp³-hybridized carbons (Fsp3) is 0.694. The maximum Gasteiger partial charge on any atom is 0.245 e. The number of hydrogen-bond acceptors (Lipinski definition) is 6. The lowest BCUT2D eigenvalue weighted by atomic mass is 9.95. The third-order valence-corrected chi connectivity index (χ3v) is 8.61. The zero-order valence-electron chi connectivity index (χ0n) is 31.0. The summed E-state index contributed by atoms with van der Waals surface area (Å²) in [6.07, 6.45) is 0.664. The Morgan fingerprint density at radius 1 is 0.574 bits per heavy atom. The van der Waals surface area contributed by atoms with Gasteiger partial charge in [0.05, 0.1) is 6.04 Å². The molecule has 47 heavy (non-hydrogen) atoms. The van der Waals surface area contributed by atoms with Crippen LogP contribution in [-0.2, 0) is 30.4 Å². The predicted octanol–water partition coefficient (Wildman–Crippen LogP) is 2.84. The third kappa shape index (κ3) is 11.9. The van der Waals surface area contributed by atoms with Gasteiger partial charge >= 0.3 is 0 Å². The molecule has 1 aromatic carbocycles. The van der Waals surface area contributed by atoms with Crippen molar-refractivity contribution in [2.75, 3.05) is 27.7 Å². The molecule has 1 rings (SSSR count). The van der Waals surface area contributed by atoms with Crippen molar-refractivity contribution in [2.24, 2.45) is 29.6 Å². The fourth-order valence-electron chi connectivity index (χ4n) is 5.92. The Kier molecular flexibility index (Phi) is 17.1. The van der Waals surface area contributed by atoms with Crippen LogP contribution >= 0.6 is 0 Å². The molecule has 0 bridgehead atoms. The van der Waals surface area contributed by atoms with E-state index in [9.17, 15) is 24.0 Å². The molecule has 0 radical (unpaired) electrons. The molecular formula is C36H62N6O5. The average Bonchev–Trinajstić information content (AvgIpc) is 2.98. The van der Waals surface area contributed by atoms with E-state index in [4.69, 9.17) is 0 Å². The minimum absolute atomic E-state index is 0.00845. The standard InChI is InChI=1S/C36H62N6O5/c1-21(2)27(37-11)32(43)39-28(22(3)4)35(46)42(13)31(25(9)10)34(45)40-29(23(5)6)36(47)41(12)30(24(7)8)33(44)38-20-19-26-17-15-14-16-18-26/h14-18,21-25,27-31,37H,19-20H2,1-13H3,(H,38,44)(H,39,43)(H,40,45)/t27-,28-,29-,30-,31-/m0/s1. The van der Waals surface area contributed by atoms with Crippen molar-refractivity contribution in [1.29, 1.82) is 0 Å². The van der Waals surface area contributed by atoms with E-state index in [0.29, 0.717) is 13.0 Å². The van der Waals surface area contributed by atoms with E-state index in [1.807, 2.05) is 99.6 Å². The summed E-state index contributed by atoms with van der Waals surface area (Å²) >= 11 is 0. The van der Waals surface area contributed by atoms with Crippen molar-refractivity contribution in [2.45, 2.75) is 106 Å². The van der Waals surface area contributed by atoms with Gasteiger partial charge in [-0.05, 0) is 48.6 Å². The van der Waals surface area contributed by atoms with Crippen molar-refractivity contribution in [3.05, 3.63) is 35.9 Å². The summed E-state index contributed by atoms with van der Waals surface area (Å²) in [4.78, 5) is 70.8.